The average molecular weight is 570 g/mol. The Labute approximate surface area is 217 Å². The van der Waals surface area contributed by atoms with Gasteiger partial charge in [-0.3, -0.25) is 19.0 Å². The van der Waals surface area contributed by atoms with Crippen LogP contribution in [0.5, 0.6) is 5.75 Å². The Morgan fingerprint density at radius 1 is 1.03 bits per heavy atom. The third kappa shape index (κ3) is 3.10. The Bertz CT molecular complexity index is 1450. The lowest BCUT2D eigenvalue weighted by Crippen LogP contribution is -2.43. The van der Waals surface area contributed by atoms with Crippen molar-refractivity contribution in [1.29, 1.82) is 0 Å². The van der Waals surface area contributed by atoms with Gasteiger partial charge in [0.15, 0.2) is 0 Å². The molecule has 2 saturated carbocycles. The molecule has 1 N–H and O–H groups in total. The van der Waals surface area contributed by atoms with Crippen LogP contribution in [-0.4, -0.2) is 26.9 Å². The van der Waals surface area contributed by atoms with Crippen LogP contribution >= 0.6 is 39.0 Å². The molecule has 1 saturated heterocycles. The Balaban J connectivity index is 1.41. The molecule has 3 fully saturated rings. The lowest BCUT2D eigenvalue weighted by atomic mass is 9.68. The van der Waals surface area contributed by atoms with Crippen LogP contribution in [0.2, 0.25) is 0 Å². The number of rotatable bonds is 3. The number of fused-ring (bicyclic) bond motifs is 9. The predicted octanol–water partition coefficient (Wildman–Crippen LogP) is 4.61. The van der Waals surface area contributed by atoms with Crippen LogP contribution in [0.4, 0.5) is 0 Å². The molecule has 3 heterocycles. The van der Waals surface area contributed by atoms with E-state index in [1.54, 1.807) is 23.9 Å². The first-order chi connectivity index (χ1) is 16.9. The van der Waals surface area contributed by atoms with Gasteiger partial charge < -0.3 is 9.84 Å². The molecule has 7 rings (SSSR count). The molecule has 3 aromatic rings. The lowest BCUT2D eigenvalue weighted by molar-refractivity contribution is -0.154. The highest BCUT2D eigenvalue weighted by atomic mass is 79.9. The summed E-state index contributed by atoms with van der Waals surface area (Å²) < 4.78 is 7.76. The number of nitrogens with zero attached hydrogens (tertiary/aromatic N) is 1. The first-order valence-corrected chi connectivity index (χ1v) is 14.1. The number of benzene rings is 2. The minimum atomic E-state index is -0.421. The zero-order valence-electron chi connectivity index (χ0n) is 18.3. The molecule has 7 atom stereocenters. The average Bonchev–Trinajstić information content (AvgIpc) is 3.56. The fourth-order valence-electron chi connectivity index (χ4n) is 6.94. The molecular weight excluding hydrogens is 550 g/mol. The summed E-state index contributed by atoms with van der Waals surface area (Å²) in [6.45, 7) is 0.466. The van der Waals surface area contributed by atoms with E-state index < -0.39 is 23.8 Å². The number of carbonyl (C=O) groups is 2. The number of aromatic nitrogens is 1. The van der Waals surface area contributed by atoms with Crippen molar-refractivity contribution in [2.45, 2.75) is 29.2 Å². The molecule has 0 radical (unpaired) electrons. The third-order valence-corrected chi connectivity index (χ3v) is 11.5. The highest BCUT2D eigenvalue weighted by Crippen LogP contribution is 2.69. The number of esters is 2. The molecule has 0 unspecified atom stereocenters. The first-order valence-electron chi connectivity index (χ1n) is 11.6. The molecule has 0 spiro atoms. The van der Waals surface area contributed by atoms with Gasteiger partial charge in [0.1, 0.15) is 5.75 Å². The maximum absolute atomic E-state index is 13.3. The summed E-state index contributed by atoms with van der Waals surface area (Å²) >= 11 is 6.46. The van der Waals surface area contributed by atoms with E-state index in [4.69, 9.17) is 4.74 Å². The van der Waals surface area contributed by atoms with E-state index >= 15 is 0 Å². The Morgan fingerprint density at radius 2 is 1.77 bits per heavy atom. The summed E-state index contributed by atoms with van der Waals surface area (Å²) in [6, 6.07) is 15.3. The molecule has 0 amide bonds. The monoisotopic (exact) mass is 569 g/mol. The van der Waals surface area contributed by atoms with Crippen molar-refractivity contribution in [2.24, 2.45) is 29.6 Å². The van der Waals surface area contributed by atoms with Crippen molar-refractivity contribution in [3.63, 3.8) is 0 Å². The van der Waals surface area contributed by atoms with Gasteiger partial charge in [-0.1, -0.05) is 57.6 Å². The number of aromatic hydroxyl groups is 1. The molecule has 35 heavy (non-hydrogen) atoms. The molecule has 178 valence electrons. The van der Waals surface area contributed by atoms with Gasteiger partial charge in [-0.2, -0.15) is 0 Å². The summed E-state index contributed by atoms with van der Waals surface area (Å²) in [7, 11) is 0. The number of phenolic OH excluding ortho intramolecular Hbond substituents is 1. The maximum Gasteiger partial charge on any atom is 0.317 e. The SMILES string of the molecule is O=C1OC(=O)[C@@H]2[C@H]3C[C@H]([C@@H]12)[C@H]1[C@H](c2cc(Br)ccc2O)c2sc(=O)n(Cc4ccccc4)c2S[C@@H]31. The van der Waals surface area contributed by atoms with Crippen molar-refractivity contribution < 1.29 is 19.4 Å². The van der Waals surface area contributed by atoms with Crippen LogP contribution in [0.1, 0.15) is 28.3 Å². The standard InChI is InChI=1S/C26H20BrNO5S2/c27-12-6-7-16(29)13(8-12)17-18-14-9-15(20-19(14)24(30)33-25(20)31)21(18)34-23-22(17)35-26(32)28(23)10-11-4-2-1-3-5-11/h1-8,14-15,17-21,29H,9-10H2/t14-,15+,17-,18-,19+,20+,21-/m0/s1. The molecule has 2 aromatic carbocycles. The Morgan fingerprint density at radius 3 is 2.54 bits per heavy atom. The van der Waals surface area contributed by atoms with Crippen LogP contribution in [0.15, 0.2) is 62.8 Å². The van der Waals surface area contributed by atoms with Crippen molar-refractivity contribution in [1.82, 2.24) is 4.57 Å². The topological polar surface area (TPSA) is 85.6 Å². The smallest absolute Gasteiger partial charge is 0.317 e. The number of thiazole rings is 1. The number of cyclic esters (lactones) is 2. The first kappa shape index (κ1) is 21.9. The van der Waals surface area contributed by atoms with Gasteiger partial charge in [0.05, 0.1) is 23.4 Å². The van der Waals surface area contributed by atoms with Crippen LogP contribution in [0.25, 0.3) is 0 Å². The number of carbonyl (C=O) groups excluding carboxylic acids is 2. The van der Waals surface area contributed by atoms with Gasteiger partial charge in [0.25, 0.3) is 0 Å². The van der Waals surface area contributed by atoms with Crippen molar-refractivity contribution >= 4 is 51.0 Å². The predicted molar refractivity (Wildman–Crippen MR) is 135 cm³/mol. The summed E-state index contributed by atoms with van der Waals surface area (Å²) in [5.74, 6) is -1.65. The fraction of sp³-hybridized carbons (Fsp3) is 0.346. The van der Waals surface area contributed by atoms with E-state index in [2.05, 4.69) is 15.9 Å². The number of halogens is 1. The quantitative estimate of drug-likeness (QED) is 0.366. The van der Waals surface area contributed by atoms with Crippen molar-refractivity contribution in [3.8, 4) is 5.75 Å². The van der Waals surface area contributed by atoms with E-state index in [1.807, 2.05) is 41.0 Å². The zero-order chi connectivity index (χ0) is 24.0. The third-order valence-electron chi connectivity index (χ3n) is 8.19. The summed E-state index contributed by atoms with van der Waals surface area (Å²) in [5.41, 5.74) is 1.79. The molecule has 1 aromatic heterocycles. The number of hydrogen-bond donors (Lipinski definition) is 1. The molecule has 4 aliphatic rings. The molecule has 2 aliphatic carbocycles. The fourth-order valence-corrected chi connectivity index (χ4v) is 10.5. The molecular formula is C26H20BrNO5S2. The van der Waals surface area contributed by atoms with E-state index in [9.17, 15) is 19.5 Å². The lowest BCUT2D eigenvalue weighted by Gasteiger charge is -2.43. The van der Waals surface area contributed by atoms with Crippen LogP contribution in [-0.2, 0) is 20.9 Å². The maximum atomic E-state index is 13.3. The number of phenols is 1. The number of ether oxygens (including phenoxy) is 1. The van der Waals surface area contributed by atoms with Crippen molar-refractivity contribution in [3.05, 3.63) is 78.7 Å². The molecule has 9 heteroatoms. The summed E-state index contributed by atoms with van der Waals surface area (Å²) in [6.07, 6.45) is 0.793. The van der Waals surface area contributed by atoms with Crippen LogP contribution < -0.4 is 4.87 Å². The highest BCUT2D eigenvalue weighted by Gasteiger charge is 2.69. The summed E-state index contributed by atoms with van der Waals surface area (Å²) in [4.78, 5) is 39.4. The molecule has 2 bridgehead atoms. The van der Waals surface area contributed by atoms with E-state index in [-0.39, 0.29) is 39.5 Å². The minimum absolute atomic E-state index is 0.0160. The number of thioether (sulfide) groups is 1. The molecule has 6 nitrogen and oxygen atoms in total. The second kappa shape index (κ2) is 7.82. The van der Waals surface area contributed by atoms with Gasteiger partial charge in [-0.25, -0.2) is 0 Å². The zero-order valence-corrected chi connectivity index (χ0v) is 21.5. The normalized spacial score (nSPS) is 32.3. The van der Waals surface area contributed by atoms with Crippen molar-refractivity contribution in [2.75, 3.05) is 0 Å². The van der Waals surface area contributed by atoms with E-state index in [1.165, 1.54) is 11.3 Å². The Kier molecular flexibility index (Phi) is 4.89. The van der Waals surface area contributed by atoms with Crippen LogP contribution in [0.3, 0.4) is 0 Å². The van der Waals surface area contributed by atoms with Gasteiger partial charge in [-0.05, 0) is 47.9 Å². The second-order valence-electron chi connectivity index (χ2n) is 9.80. The highest BCUT2D eigenvalue weighted by molar-refractivity contribution is 9.10. The summed E-state index contributed by atoms with van der Waals surface area (Å²) in [5, 5.41) is 11.9. The second-order valence-corrected chi connectivity index (χ2v) is 12.9. The van der Waals surface area contributed by atoms with Gasteiger partial charge >= 0.3 is 16.8 Å². The van der Waals surface area contributed by atoms with Gasteiger partial charge in [0.2, 0.25) is 0 Å². The van der Waals surface area contributed by atoms with Crippen LogP contribution in [0, 0.1) is 29.6 Å². The largest absolute Gasteiger partial charge is 0.508 e. The Hall–Kier alpha value is -2.36. The van der Waals surface area contributed by atoms with Gasteiger partial charge in [-0.15, -0.1) is 11.8 Å². The minimum Gasteiger partial charge on any atom is -0.508 e. The number of hydrogen-bond acceptors (Lipinski definition) is 7. The van der Waals surface area contributed by atoms with Gasteiger partial charge in [0, 0.05) is 26.1 Å². The molecule has 2 aliphatic heterocycles. The van der Waals surface area contributed by atoms with E-state index in [0.29, 0.717) is 6.54 Å². The van der Waals surface area contributed by atoms with E-state index in [0.717, 1.165) is 31.9 Å².